The number of rotatable bonds is 3. The molecule has 76 valence electrons. The van der Waals surface area contributed by atoms with E-state index in [0.717, 1.165) is 4.90 Å². The highest BCUT2D eigenvalue weighted by Gasteiger charge is 2.03. The molecule has 0 aliphatic heterocycles. The van der Waals surface area contributed by atoms with Crippen LogP contribution in [0.2, 0.25) is 0 Å². The minimum Gasteiger partial charge on any atom is -0.289 e. The van der Waals surface area contributed by atoms with E-state index in [-0.39, 0.29) is 11.6 Å². The van der Waals surface area contributed by atoms with E-state index < -0.39 is 5.91 Å². The molecular weight excluding hydrogens is 205 g/mol. The summed E-state index contributed by atoms with van der Waals surface area (Å²) in [5.41, 5.74) is 2.07. The van der Waals surface area contributed by atoms with Gasteiger partial charge in [-0.25, -0.2) is 9.87 Å². The molecule has 1 aromatic rings. The average Bonchev–Trinajstić information content (AvgIpc) is 2.19. The van der Waals surface area contributed by atoms with Gasteiger partial charge >= 0.3 is 0 Å². The second kappa shape index (κ2) is 4.97. The number of carbonyl (C=O) groups is 1. The number of hydroxylamine groups is 1. The highest BCUT2D eigenvalue weighted by atomic mass is 32.2. The van der Waals surface area contributed by atoms with Gasteiger partial charge in [0.05, 0.1) is 5.75 Å². The van der Waals surface area contributed by atoms with Crippen molar-refractivity contribution in [3.8, 4) is 0 Å². The Bertz CT molecular complexity index is 344. The largest absolute Gasteiger partial charge is 0.289 e. The second-order valence-corrected chi connectivity index (χ2v) is 3.78. The molecule has 0 saturated carbocycles. The number of hydrogen-bond acceptors (Lipinski definition) is 3. The van der Waals surface area contributed by atoms with Gasteiger partial charge in [-0.15, -0.1) is 11.8 Å². The van der Waals surface area contributed by atoms with Gasteiger partial charge in [0.2, 0.25) is 0 Å². The molecule has 0 heterocycles. The Morgan fingerprint density at radius 3 is 2.93 bits per heavy atom. The molecule has 0 unspecified atom stereocenters. The highest BCUT2D eigenvalue weighted by molar-refractivity contribution is 8.00. The van der Waals surface area contributed by atoms with E-state index in [0.29, 0.717) is 5.56 Å². The summed E-state index contributed by atoms with van der Waals surface area (Å²) >= 11 is 1.24. The first-order chi connectivity index (χ1) is 6.63. The third-order valence-electron chi connectivity index (χ3n) is 1.62. The Labute approximate surface area is 85.3 Å². The average molecular weight is 215 g/mol. The Morgan fingerprint density at radius 2 is 2.36 bits per heavy atom. The fourth-order valence-electron chi connectivity index (χ4n) is 0.888. The SMILES string of the molecule is Cc1cc(SCC(=O)NO)ccc1F. The van der Waals surface area contributed by atoms with E-state index in [9.17, 15) is 9.18 Å². The smallest absolute Gasteiger partial charge is 0.253 e. The van der Waals surface area contributed by atoms with Crippen LogP contribution in [0.5, 0.6) is 0 Å². The van der Waals surface area contributed by atoms with Crippen molar-refractivity contribution in [3.05, 3.63) is 29.6 Å². The van der Waals surface area contributed by atoms with Crippen molar-refractivity contribution in [3.63, 3.8) is 0 Å². The second-order valence-electron chi connectivity index (χ2n) is 2.73. The maximum absolute atomic E-state index is 12.8. The molecule has 1 aromatic carbocycles. The van der Waals surface area contributed by atoms with Gasteiger partial charge in [-0.2, -0.15) is 0 Å². The normalized spacial score (nSPS) is 9.93. The topological polar surface area (TPSA) is 49.3 Å². The minimum atomic E-state index is -0.475. The summed E-state index contributed by atoms with van der Waals surface area (Å²) in [5, 5.41) is 8.24. The number of benzene rings is 1. The summed E-state index contributed by atoms with van der Waals surface area (Å²) in [7, 11) is 0. The molecule has 0 spiro atoms. The van der Waals surface area contributed by atoms with Gasteiger partial charge in [0.15, 0.2) is 0 Å². The van der Waals surface area contributed by atoms with E-state index in [1.807, 2.05) is 0 Å². The van der Waals surface area contributed by atoms with Gasteiger partial charge < -0.3 is 0 Å². The molecule has 1 amide bonds. The molecule has 0 bridgehead atoms. The quantitative estimate of drug-likeness (QED) is 0.458. The van der Waals surface area contributed by atoms with Crippen LogP contribution in [0.1, 0.15) is 5.56 Å². The number of nitrogens with one attached hydrogen (secondary N) is 1. The molecule has 14 heavy (non-hydrogen) atoms. The zero-order valence-electron chi connectivity index (χ0n) is 7.58. The summed E-state index contributed by atoms with van der Waals surface area (Å²) in [6.45, 7) is 1.66. The number of carbonyl (C=O) groups excluding carboxylic acids is 1. The van der Waals surface area contributed by atoms with Gasteiger partial charge in [0, 0.05) is 4.90 Å². The predicted octanol–water partition coefficient (Wildman–Crippen LogP) is 1.73. The molecule has 0 aliphatic carbocycles. The van der Waals surface area contributed by atoms with Crippen molar-refractivity contribution < 1.29 is 14.4 Å². The lowest BCUT2D eigenvalue weighted by Gasteiger charge is -2.02. The lowest BCUT2D eigenvalue weighted by atomic mass is 10.2. The first-order valence-corrected chi connectivity index (χ1v) is 4.94. The third kappa shape index (κ3) is 3.01. The molecule has 3 nitrogen and oxygen atoms in total. The van der Waals surface area contributed by atoms with Crippen LogP contribution in [-0.4, -0.2) is 16.9 Å². The van der Waals surface area contributed by atoms with Crippen LogP contribution in [0.15, 0.2) is 23.1 Å². The number of aryl methyl sites for hydroxylation is 1. The van der Waals surface area contributed by atoms with Crippen LogP contribution >= 0.6 is 11.8 Å². The number of hydrogen-bond donors (Lipinski definition) is 2. The van der Waals surface area contributed by atoms with Crippen molar-refractivity contribution in [1.82, 2.24) is 5.48 Å². The summed E-state index contributed by atoms with van der Waals surface area (Å²) in [5.74, 6) is -0.625. The van der Waals surface area contributed by atoms with Gasteiger partial charge in [-0.3, -0.25) is 10.0 Å². The van der Waals surface area contributed by atoms with Crippen LogP contribution in [0.25, 0.3) is 0 Å². The number of thioether (sulfide) groups is 1. The lowest BCUT2D eigenvalue weighted by Crippen LogP contribution is -2.20. The molecule has 2 N–H and O–H groups in total. The zero-order chi connectivity index (χ0) is 10.6. The Morgan fingerprint density at radius 1 is 1.64 bits per heavy atom. The number of amides is 1. The highest BCUT2D eigenvalue weighted by Crippen LogP contribution is 2.20. The van der Waals surface area contributed by atoms with Gasteiger partial charge in [-0.1, -0.05) is 0 Å². The van der Waals surface area contributed by atoms with E-state index in [1.165, 1.54) is 23.3 Å². The number of halogens is 1. The Balaban J connectivity index is 2.60. The zero-order valence-corrected chi connectivity index (χ0v) is 8.40. The fraction of sp³-hybridized carbons (Fsp3) is 0.222. The molecule has 0 atom stereocenters. The van der Waals surface area contributed by atoms with E-state index in [2.05, 4.69) is 0 Å². The van der Waals surface area contributed by atoms with Crippen LogP contribution in [0.3, 0.4) is 0 Å². The monoisotopic (exact) mass is 215 g/mol. The standard InChI is InChI=1S/C9H10FNO2S/c1-6-4-7(2-3-8(6)10)14-5-9(12)11-13/h2-4,13H,5H2,1H3,(H,11,12). The molecule has 0 saturated heterocycles. The molecule has 1 rings (SSSR count). The summed E-state index contributed by atoms with van der Waals surface area (Å²) in [6, 6.07) is 4.61. The van der Waals surface area contributed by atoms with E-state index >= 15 is 0 Å². The van der Waals surface area contributed by atoms with E-state index in [4.69, 9.17) is 5.21 Å². The predicted molar refractivity (Wildman–Crippen MR) is 51.8 cm³/mol. The fourth-order valence-corrected chi connectivity index (χ4v) is 1.67. The van der Waals surface area contributed by atoms with Crippen molar-refractivity contribution >= 4 is 17.7 Å². The van der Waals surface area contributed by atoms with Crippen molar-refractivity contribution in [2.75, 3.05) is 5.75 Å². The van der Waals surface area contributed by atoms with Crippen LogP contribution in [0.4, 0.5) is 4.39 Å². The molecule has 0 fully saturated rings. The van der Waals surface area contributed by atoms with Crippen molar-refractivity contribution in [2.45, 2.75) is 11.8 Å². The van der Waals surface area contributed by atoms with Gasteiger partial charge in [-0.05, 0) is 30.7 Å². The van der Waals surface area contributed by atoms with Gasteiger partial charge in [0.25, 0.3) is 5.91 Å². The molecule has 0 aromatic heterocycles. The van der Waals surface area contributed by atoms with Gasteiger partial charge in [0.1, 0.15) is 5.82 Å². The summed E-state index contributed by atoms with van der Waals surface area (Å²) in [6.07, 6.45) is 0. The van der Waals surface area contributed by atoms with Crippen LogP contribution in [-0.2, 0) is 4.79 Å². The maximum Gasteiger partial charge on any atom is 0.253 e. The molecule has 0 radical (unpaired) electrons. The maximum atomic E-state index is 12.8. The lowest BCUT2D eigenvalue weighted by molar-refractivity contribution is -0.126. The molecule has 0 aliphatic rings. The minimum absolute atomic E-state index is 0.113. The first kappa shape index (κ1) is 11.0. The third-order valence-corrected chi connectivity index (χ3v) is 2.62. The van der Waals surface area contributed by atoms with E-state index in [1.54, 1.807) is 19.1 Å². The van der Waals surface area contributed by atoms with Crippen molar-refractivity contribution in [1.29, 1.82) is 0 Å². The van der Waals surface area contributed by atoms with Crippen molar-refractivity contribution in [2.24, 2.45) is 0 Å². The molecule has 5 heteroatoms. The Hall–Kier alpha value is -1.07. The Kier molecular flexibility index (Phi) is 3.91. The molecular formula is C9H10FNO2S. The first-order valence-electron chi connectivity index (χ1n) is 3.95. The van der Waals surface area contributed by atoms with Crippen LogP contribution < -0.4 is 5.48 Å². The summed E-state index contributed by atoms with van der Waals surface area (Å²) in [4.78, 5) is 11.5. The van der Waals surface area contributed by atoms with Crippen LogP contribution in [0, 0.1) is 12.7 Å². The summed E-state index contributed by atoms with van der Waals surface area (Å²) < 4.78 is 12.8.